The molecule has 0 aliphatic heterocycles. The van der Waals surface area contributed by atoms with Crippen molar-refractivity contribution in [3.63, 3.8) is 0 Å². The summed E-state index contributed by atoms with van der Waals surface area (Å²) in [7, 11) is 0. The zero-order valence-electron chi connectivity index (χ0n) is 14.2. The Hall–Kier alpha value is -3.38. The number of carbonyl (C=O) groups excluding carboxylic acids is 1. The first-order chi connectivity index (χ1) is 12.1. The van der Waals surface area contributed by atoms with Crippen LogP contribution in [0.3, 0.4) is 0 Å². The van der Waals surface area contributed by atoms with E-state index >= 15 is 0 Å². The molecule has 0 spiro atoms. The molecule has 0 unspecified atom stereocenters. The minimum Gasteiger partial charge on any atom is -0.322 e. The summed E-state index contributed by atoms with van der Waals surface area (Å²) in [5, 5.41) is 2.93. The lowest BCUT2D eigenvalue weighted by Gasteiger charge is -2.08. The number of hydrogen-bond acceptors (Lipinski definition) is 2. The van der Waals surface area contributed by atoms with E-state index in [2.05, 4.69) is 22.1 Å². The Balaban J connectivity index is 1.78. The Kier molecular flexibility index (Phi) is 4.92. The number of aromatic nitrogens is 1. The van der Waals surface area contributed by atoms with Crippen molar-refractivity contribution in [2.24, 2.45) is 0 Å². The van der Waals surface area contributed by atoms with Gasteiger partial charge in [-0.25, -0.2) is 4.98 Å². The molecular weight excluding hydrogens is 308 g/mol. The summed E-state index contributed by atoms with van der Waals surface area (Å²) in [6, 6.07) is 18.9. The highest BCUT2D eigenvalue weighted by Gasteiger charge is 2.09. The largest absolute Gasteiger partial charge is 0.322 e. The van der Waals surface area contributed by atoms with Gasteiger partial charge in [-0.2, -0.15) is 0 Å². The molecule has 0 saturated heterocycles. The quantitative estimate of drug-likeness (QED) is 0.711. The van der Waals surface area contributed by atoms with Gasteiger partial charge in [0, 0.05) is 23.0 Å². The highest BCUT2D eigenvalue weighted by atomic mass is 16.1. The summed E-state index contributed by atoms with van der Waals surface area (Å²) in [5.74, 6) is 5.97. The fourth-order valence-electron chi connectivity index (χ4n) is 2.51. The summed E-state index contributed by atoms with van der Waals surface area (Å²) < 4.78 is 0. The van der Waals surface area contributed by atoms with Crippen molar-refractivity contribution in [2.45, 2.75) is 13.8 Å². The van der Waals surface area contributed by atoms with E-state index in [4.69, 9.17) is 0 Å². The van der Waals surface area contributed by atoms with Gasteiger partial charge in [0.25, 0.3) is 5.91 Å². The second kappa shape index (κ2) is 7.46. The number of pyridine rings is 1. The lowest BCUT2D eigenvalue weighted by Crippen LogP contribution is -2.13. The third-order valence-electron chi connectivity index (χ3n) is 3.75. The molecule has 0 radical (unpaired) electrons. The molecule has 3 nitrogen and oxygen atoms in total. The Bertz CT molecular complexity index is 966. The van der Waals surface area contributed by atoms with E-state index in [1.165, 1.54) is 0 Å². The van der Waals surface area contributed by atoms with Gasteiger partial charge in [0.1, 0.15) is 5.69 Å². The molecular formula is C22H18N2O. The lowest BCUT2D eigenvalue weighted by molar-refractivity contribution is 0.102. The van der Waals surface area contributed by atoms with Crippen molar-refractivity contribution in [3.8, 4) is 11.8 Å². The van der Waals surface area contributed by atoms with Gasteiger partial charge in [-0.15, -0.1) is 0 Å². The number of amides is 1. The third-order valence-corrected chi connectivity index (χ3v) is 3.75. The summed E-state index contributed by atoms with van der Waals surface area (Å²) in [6.07, 6.45) is 1.71. The normalized spacial score (nSPS) is 9.84. The molecule has 3 rings (SSSR count). The summed E-state index contributed by atoms with van der Waals surface area (Å²) in [4.78, 5) is 16.7. The average Bonchev–Trinajstić information content (AvgIpc) is 2.61. The van der Waals surface area contributed by atoms with Crippen molar-refractivity contribution in [1.82, 2.24) is 4.98 Å². The maximum Gasteiger partial charge on any atom is 0.255 e. The smallest absolute Gasteiger partial charge is 0.255 e. The van der Waals surface area contributed by atoms with Crippen LogP contribution in [0.25, 0.3) is 0 Å². The van der Waals surface area contributed by atoms with E-state index in [0.717, 1.165) is 22.4 Å². The van der Waals surface area contributed by atoms with E-state index in [9.17, 15) is 4.79 Å². The molecule has 1 N–H and O–H groups in total. The zero-order chi connectivity index (χ0) is 17.6. The van der Waals surface area contributed by atoms with Gasteiger partial charge < -0.3 is 5.32 Å². The average molecular weight is 326 g/mol. The highest BCUT2D eigenvalue weighted by molar-refractivity contribution is 6.05. The maximum atomic E-state index is 12.5. The van der Waals surface area contributed by atoms with Crippen molar-refractivity contribution in [3.05, 3.63) is 94.8 Å². The maximum absolute atomic E-state index is 12.5. The minimum atomic E-state index is -0.118. The lowest BCUT2D eigenvalue weighted by atomic mass is 10.1. The standard InChI is InChI=1S/C22H18N2O/c1-16-9-12-21(17(2)14-16)22(25)24-20-8-5-6-18(15-20)10-11-19-7-3-4-13-23-19/h3-9,12-15H,1-2H3,(H,24,25). The first kappa shape index (κ1) is 16.5. The topological polar surface area (TPSA) is 42.0 Å². The molecule has 122 valence electrons. The van der Waals surface area contributed by atoms with Crippen LogP contribution in [0.15, 0.2) is 66.9 Å². The Morgan fingerprint density at radius 2 is 1.84 bits per heavy atom. The Labute approximate surface area is 147 Å². The number of aryl methyl sites for hydroxylation is 2. The van der Waals surface area contributed by atoms with Gasteiger partial charge >= 0.3 is 0 Å². The monoisotopic (exact) mass is 326 g/mol. The molecule has 0 aliphatic carbocycles. The van der Waals surface area contributed by atoms with Crippen molar-refractivity contribution >= 4 is 11.6 Å². The van der Waals surface area contributed by atoms with Gasteiger partial charge in [0.05, 0.1) is 0 Å². The van der Waals surface area contributed by atoms with Crippen molar-refractivity contribution in [2.75, 3.05) is 5.32 Å². The van der Waals surface area contributed by atoms with E-state index < -0.39 is 0 Å². The van der Waals surface area contributed by atoms with E-state index in [-0.39, 0.29) is 5.91 Å². The molecule has 25 heavy (non-hydrogen) atoms. The minimum absolute atomic E-state index is 0.118. The van der Waals surface area contributed by atoms with Crippen LogP contribution in [0, 0.1) is 25.7 Å². The van der Waals surface area contributed by atoms with Crippen LogP contribution < -0.4 is 5.32 Å². The summed E-state index contributed by atoms with van der Waals surface area (Å²) in [5.41, 5.74) is 5.04. The predicted octanol–water partition coefficient (Wildman–Crippen LogP) is 4.35. The third kappa shape index (κ3) is 4.33. The van der Waals surface area contributed by atoms with Crippen LogP contribution in [0.1, 0.15) is 32.7 Å². The van der Waals surface area contributed by atoms with Crippen LogP contribution in [0.5, 0.6) is 0 Å². The second-order valence-electron chi connectivity index (χ2n) is 5.82. The molecule has 0 atom stereocenters. The first-order valence-electron chi connectivity index (χ1n) is 8.03. The Morgan fingerprint density at radius 1 is 0.960 bits per heavy atom. The molecule has 3 heteroatoms. The molecule has 0 saturated carbocycles. The first-order valence-corrected chi connectivity index (χ1v) is 8.03. The molecule has 1 heterocycles. The molecule has 1 aromatic heterocycles. The van der Waals surface area contributed by atoms with Crippen LogP contribution in [-0.4, -0.2) is 10.9 Å². The van der Waals surface area contributed by atoms with Crippen LogP contribution in [0.4, 0.5) is 5.69 Å². The van der Waals surface area contributed by atoms with Crippen LogP contribution in [-0.2, 0) is 0 Å². The van der Waals surface area contributed by atoms with E-state index in [1.807, 2.05) is 74.5 Å². The fourth-order valence-corrected chi connectivity index (χ4v) is 2.51. The number of nitrogens with one attached hydrogen (secondary N) is 1. The fraction of sp³-hybridized carbons (Fsp3) is 0.0909. The highest BCUT2D eigenvalue weighted by Crippen LogP contribution is 2.15. The van der Waals surface area contributed by atoms with Gasteiger partial charge in [0.15, 0.2) is 0 Å². The number of nitrogens with zero attached hydrogens (tertiary/aromatic N) is 1. The molecule has 0 fully saturated rings. The molecule has 1 amide bonds. The SMILES string of the molecule is Cc1ccc(C(=O)Nc2cccc(C#Cc3ccccn3)c2)c(C)c1. The van der Waals surface area contributed by atoms with Gasteiger partial charge in [-0.3, -0.25) is 4.79 Å². The van der Waals surface area contributed by atoms with Crippen molar-refractivity contribution in [1.29, 1.82) is 0 Å². The predicted molar refractivity (Wildman–Crippen MR) is 101 cm³/mol. The van der Waals surface area contributed by atoms with Crippen LogP contribution in [0.2, 0.25) is 0 Å². The van der Waals surface area contributed by atoms with Crippen molar-refractivity contribution < 1.29 is 4.79 Å². The van der Waals surface area contributed by atoms with E-state index in [1.54, 1.807) is 6.20 Å². The van der Waals surface area contributed by atoms with Gasteiger partial charge in [-0.1, -0.05) is 35.7 Å². The zero-order valence-corrected chi connectivity index (χ0v) is 14.2. The molecule has 0 bridgehead atoms. The van der Waals surface area contributed by atoms with Gasteiger partial charge in [0.2, 0.25) is 0 Å². The van der Waals surface area contributed by atoms with Gasteiger partial charge in [-0.05, 0) is 61.7 Å². The Morgan fingerprint density at radius 3 is 2.60 bits per heavy atom. The van der Waals surface area contributed by atoms with E-state index in [0.29, 0.717) is 11.3 Å². The number of carbonyl (C=O) groups is 1. The second-order valence-corrected chi connectivity index (χ2v) is 5.82. The number of benzene rings is 2. The van der Waals surface area contributed by atoms with Crippen LogP contribution >= 0.6 is 0 Å². The number of rotatable bonds is 2. The number of anilines is 1. The molecule has 0 aliphatic rings. The summed E-state index contributed by atoms with van der Waals surface area (Å²) >= 11 is 0. The molecule has 2 aromatic carbocycles. The number of hydrogen-bond donors (Lipinski definition) is 1. The summed E-state index contributed by atoms with van der Waals surface area (Å²) in [6.45, 7) is 3.95. The molecule has 3 aromatic rings.